The molecule has 152 valence electrons. The molecule has 0 saturated carbocycles. The first kappa shape index (κ1) is 20.6. The highest BCUT2D eigenvalue weighted by Gasteiger charge is 2.22. The van der Waals surface area contributed by atoms with Crippen LogP contribution in [0, 0.1) is 0 Å². The van der Waals surface area contributed by atoms with Crippen LogP contribution in [-0.2, 0) is 12.8 Å². The van der Waals surface area contributed by atoms with Crippen LogP contribution < -0.4 is 36.7 Å². The lowest BCUT2D eigenvalue weighted by atomic mass is 9.91. The van der Waals surface area contributed by atoms with Crippen molar-refractivity contribution in [2.75, 3.05) is 33.4 Å². The first-order valence-corrected chi connectivity index (χ1v) is 9.87. The summed E-state index contributed by atoms with van der Waals surface area (Å²) in [6, 6.07) is 12.0. The Morgan fingerprint density at radius 2 is 1.89 bits per heavy atom. The van der Waals surface area contributed by atoms with Crippen LogP contribution in [-0.4, -0.2) is 39.5 Å². The van der Waals surface area contributed by atoms with E-state index in [9.17, 15) is 0 Å². The average molecular weight is 406 g/mol. The maximum absolute atomic E-state index is 6.14. The zero-order valence-corrected chi connectivity index (χ0v) is 17.0. The predicted octanol–water partition coefficient (Wildman–Crippen LogP) is -0.640. The van der Waals surface area contributed by atoms with Gasteiger partial charge < -0.3 is 36.7 Å². The smallest absolute Gasteiger partial charge is 0.181 e. The Morgan fingerprint density at radius 3 is 2.75 bits per heavy atom. The van der Waals surface area contributed by atoms with Crippen LogP contribution >= 0.6 is 0 Å². The predicted molar refractivity (Wildman–Crippen MR) is 103 cm³/mol. The van der Waals surface area contributed by atoms with Gasteiger partial charge in [0.25, 0.3) is 0 Å². The number of ether oxygens (including phenoxy) is 4. The number of hydrogen-bond acceptors (Lipinski definition) is 4. The molecule has 0 bridgehead atoms. The molecule has 5 nitrogen and oxygen atoms in total. The standard InChI is InChI=1S/C22H27NO4.ClH/c1-24-21-11-10-16-6-2-3-7-18(16)22(21)25-13-12-23-14-17-15-26-19-8-4-5-9-20(19)27-17;/h4-5,8-11,17,23H,2-3,6-7,12-15H2,1H3;1H/t17-;/m1./s1. The molecule has 1 heterocycles. The van der Waals surface area contributed by atoms with Gasteiger partial charge >= 0.3 is 0 Å². The number of methoxy groups -OCH3 is 1. The van der Waals surface area contributed by atoms with Crippen LogP contribution in [0.1, 0.15) is 24.0 Å². The third-order valence-electron chi connectivity index (χ3n) is 5.23. The van der Waals surface area contributed by atoms with Crippen molar-refractivity contribution >= 4 is 0 Å². The van der Waals surface area contributed by atoms with Crippen molar-refractivity contribution in [1.29, 1.82) is 0 Å². The minimum absolute atomic E-state index is 0. The van der Waals surface area contributed by atoms with Gasteiger partial charge in [0, 0.05) is 5.56 Å². The summed E-state index contributed by atoms with van der Waals surface area (Å²) in [5, 5.41) is 2.23. The summed E-state index contributed by atoms with van der Waals surface area (Å²) in [6.07, 6.45) is 4.78. The number of rotatable bonds is 7. The van der Waals surface area contributed by atoms with Gasteiger partial charge in [-0.15, -0.1) is 0 Å². The molecule has 2 aliphatic rings. The van der Waals surface area contributed by atoms with Crippen LogP contribution in [0.25, 0.3) is 0 Å². The van der Waals surface area contributed by atoms with Crippen molar-refractivity contribution in [3.05, 3.63) is 47.5 Å². The lowest BCUT2D eigenvalue weighted by molar-refractivity contribution is -0.661. The van der Waals surface area contributed by atoms with Crippen LogP contribution in [0.3, 0.4) is 0 Å². The van der Waals surface area contributed by atoms with Crippen molar-refractivity contribution in [3.8, 4) is 23.0 Å². The number of benzene rings is 2. The second-order valence-electron chi connectivity index (χ2n) is 7.10. The molecule has 6 heteroatoms. The van der Waals surface area contributed by atoms with Crippen LogP contribution in [0.4, 0.5) is 0 Å². The molecule has 0 amide bonds. The van der Waals surface area contributed by atoms with Crippen molar-refractivity contribution in [3.63, 3.8) is 0 Å². The molecule has 2 N–H and O–H groups in total. The van der Waals surface area contributed by atoms with Gasteiger partial charge in [-0.3, -0.25) is 0 Å². The third kappa shape index (κ3) is 4.65. The number of para-hydroxylation sites is 2. The molecule has 28 heavy (non-hydrogen) atoms. The maximum atomic E-state index is 6.14. The fourth-order valence-corrected chi connectivity index (χ4v) is 3.82. The SMILES string of the molecule is COc1ccc2c(c1OCC[NH2+]C[C@@H]1COc3ccccc3O1)CCCC2.[Cl-]. The molecule has 4 rings (SSSR count). The lowest BCUT2D eigenvalue weighted by Gasteiger charge is -2.25. The lowest BCUT2D eigenvalue weighted by Crippen LogP contribution is -3.00. The van der Waals surface area contributed by atoms with Gasteiger partial charge in [0.2, 0.25) is 0 Å². The largest absolute Gasteiger partial charge is 1.00 e. The minimum atomic E-state index is 0. The molecule has 0 aromatic heterocycles. The summed E-state index contributed by atoms with van der Waals surface area (Å²) in [5.41, 5.74) is 2.74. The minimum Gasteiger partial charge on any atom is -1.00 e. The molecule has 0 fully saturated rings. The van der Waals surface area contributed by atoms with Crippen LogP contribution in [0.5, 0.6) is 23.0 Å². The fourth-order valence-electron chi connectivity index (χ4n) is 3.82. The van der Waals surface area contributed by atoms with Gasteiger partial charge in [-0.1, -0.05) is 18.2 Å². The summed E-state index contributed by atoms with van der Waals surface area (Å²) < 4.78 is 23.4. The van der Waals surface area contributed by atoms with E-state index in [1.807, 2.05) is 30.3 Å². The molecule has 0 saturated heterocycles. The maximum Gasteiger partial charge on any atom is 0.181 e. The molecule has 2 aromatic rings. The third-order valence-corrected chi connectivity index (χ3v) is 5.23. The van der Waals surface area contributed by atoms with Crippen LogP contribution in [0.2, 0.25) is 0 Å². The summed E-state index contributed by atoms with van der Waals surface area (Å²) in [7, 11) is 1.71. The monoisotopic (exact) mass is 405 g/mol. The van der Waals surface area contributed by atoms with Gasteiger partial charge in [0.05, 0.1) is 7.11 Å². The highest BCUT2D eigenvalue weighted by molar-refractivity contribution is 5.51. The van der Waals surface area contributed by atoms with E-state index in [0.717, 1.165) is 48.9 Å². The molecule has 0 radical (unpaired) electrons. The molecule has 0 spiro atoms. The fraction of sp³-hybridized carbons (Fsp3) is 0.455. The zero-order chi connectivity index (χ0) is 18.5. The van der Waals surface area contributed by atoms with Gasteiger partial charge in [-0.05, 0) is 49.4 Å². The number of halogens is 1. The summed E-state index contributed by atoms with van der Waals surface area (Å²) in [6.45, 7) is 2.96. The van der Waals surface area contributed by atoms with Crippen molar-refractivity contribution in [1.82, 2.24) is 0 Å². The molecule has 1 aliphatic carbocycles. The zero-order valence-electron chi connectivity index (χ0n) is 16.3. The van der Waals surface area contributed by atoms with E-state index in [0.29, 0.717) is 13.2 Å². The highest BCUT2D eigenvalue weighted by Crippen LogP contribution is 2.37. The van der Waals surface area contributed by atoms with Crippen molar-refractivity contribution in [2.24, 2.45) is 0 Å². The molecule has 0 unspecified atom stereocenters. The normalized spacial score (nSPS) is 17.2. The molecular formula is C22H28ClNO4. The Kier molecular flexibility index (Phi) is 7.29. The average Bonchev–Trinajstić information content (AvgIpc) is 2.73. The Labute approximate surface area is 172 Å². The summed E-state index contributed by atoms with van der Waals surface area (Å²) >= 11 is 0. The Hall–Kier alpha value is -2.11. The first-order valence-electron chi connectivity index (χ1n) is 9.87. The number of fused-ring (bicyclic) bond motifs is 2. The molecule has 2 aromatic carbocycles. The Morgan fingerprint density at radius 1 is 1.07 bits per heavy atom. The molecule has 1 aliphatic heterocycles. The first-order chi connectivity index (χ1) is 13.3. The van der Waals surface area contributed by atoms with Gasteiger partial charge in [0.15, 0.2) is 29.1 Å². The van der Waals surface area contributed by atoms with E-state index in [2.05, 4.69) is 11.4 Å². The molecular weight excluding hydrogens is 378 g/mol. The summed E-state index contributed by atoms with van der Waals surface area (Å²) in [4.78, 5) is 0. The highest BCUT2D eigenvalue weighted by atomic mass is 35.5. The number of quaternary nitrogens is 1. The second kappa shape index (κ2) is 9.89. The van der Waals surface area contributed by atoms with E-state index >= 15 is 0 Å². The number of hydrogen-bond donors (Lipinski definition) is 1. The number of nitrogens with two attached hydrogens (primary N) is 1. The van der Waals surface area contributed by atoms with E-state index in [1.54, 1.807) is 7.11 Å². The van der Waals surface area contributed by atoms with Gasteiger partial charge in [-0.25, -0.2) is 0 Å². The second-order valence-corrected chi connectivity index (χ2v) is 7.10. The molecule has 1 atom stereocenters. The summed E-state index contributed by atoms with van der Waals surface area (Å²) in [5.74, 6) is 3.45. The quantitative estimate of drug-likeness (QED) is 0.623. The Balaban J connectivity index is 0.00000225. The van der Waals surface area contributed by atoms with E-state index in [1.165, 1.54) is 24.0 Å². The van der Waals surface area contributed by atoms with E-state index < -0.39 is 0 Å². The van der Waals surface area contributed by atoms with Gasteiger partial charge in [-0.2, -0.15) is 0 Å². The number of aryl methyl sites for hydroxylation is 1. The van der Waals surface area contributed by atoms with E-state index in [4.69, 9.17) is 18.9 Å². The van der Waals surface area contributed by atoms with E-state index in [-0.39, 0.29) is 18.5 Å². The topological polar surface area (TPSA) is 53.5 Å². The van der Waals surface area contributed by atoms with Crippen molar-refractivity contribution < 1.29 is 36.7 Å². The van der Waals surface area contributed by atoms with Crippen molar-refractivity contribution in [2.45, 2.75) is 31.8 Å². The van der Waals surface area contributed by atoms with Gasteiger partial charge in [0.1, 0.15) is 26.3 Å². The Bertz CT molecular complexity index is 783. The van der Waals surface area contributed by atoms with Crippen LogP contribution in [0.15, 0.2) is 36.4 Å².